The molecular weight excluding hydrogens is 434 g/mol. The van der Waals surface area contributed by atoms with E-state index in [4.69, 9.17) is 0 Å². The molecule has 0 aliphatic heterocycles. The zero-order chi connectivity index (χ0) is 15.0. The Bertz CT molecular complexity index is 564. The van der Waals surface area contributed by atoms with Crippen LogP contribution < -0.4 is 5.32 Å². The second-order valence-corrected chi connectivity index (χ2v) is 4.58. The van der Waals surface area contributed by atoms with Crippen molar-refractivity contribution >= 4 is 16.7 Å². The molecule has 0 unspecified atom stereocenters. The summed E-state index contributed by atoms with van der Waals surface area (Å²) in [4.78, 5) is 10.9. The Morgan fingerprint density at radius 2 is 1.67 bits per heavy atom. The number of hydrogen-bond acceptors (Lipinski definition) is 2. The van der Waals surface area contributed by atoms with E-state index in [0.29, 0.717) is 6.54 Å². The van der Waals surface area contributed by atoms with Gasteiger partial charge in [0, 0.05) is 34.5 Å². The van der Waals surface area contributed by atoms with Crippen LogP contribution in [0.4, 0.5) is 0 Å². The molecule has 2 N–H and O–H groups in total. The van der Waals surface area contributed by atoms with E-state index >= 15 is 0 Å². The number of aliphatic hydroxyl groups is 1. The Hall–Kier alpha value is -1.18. The summed E-state index contributed by atoms with van der Waals surface area (Å²) in [7, 11) is 0. The number of benzene rings is 2. The van der Waals surface area contributed by atoms with E-state index < -0.39 is 0 Å². The first-order valence-corrected chi connectivity index (χ1v) is 6.72. The fourth-order valence-electron chi connectivity index (χ4n) is 2.00. The first-order chi connectivity index (χ1) is 9.63. The second kappa shape index (κ2) is 10.5. The van der Waals surface area contributed by atoms with Gasteiger partial charge in [-0.1, -0.05) is 36.4 Å². The summed E-state index contributed by atoms with van der Waals surface area (Å²) in [6, 6.07) is 11.8. The number of hydrogen-bond donors (Lipinski definition) is 2. The van der Waals surface area contributed by atoms with Crippen molar-refractivity contribution < 1.29 is 31.0 Å². The molecule has 3 nitrogen and oxygen atoms in total. The molecule has 2 rings (SSSR count). The largest absolute Gasteiger partial charge is 0.392 e. The molecule has 0 saturated heterocycles. The molecular formula is C17H22NO2W-. The Labute approximate surface area is 141 Å². The SMILES string of the molecule is CC(=O)NCc1cccc2cccc(CO)c12.C[CH-]C.[W]. The minimum absolute atomic E-state index is 0. The Morgan fingerprint density at radius 1 is 1.14 bits per heavy atom. The van der Waals surface area contributed by atoms with Gasteiger partial charge in [-0.15, -0.1) is 0 Å². The first kappa shape index (κ1) is 19.8. The van der Waals surface area contributed by atoms with Crippen LogP contribution in [0, 0.1) is 6.42 Å². The third-order valence-corrected chi connectivity index (χ3v) is 2.78. The van der Waals surface area contributed by atoms with E-state index in [2.05, 4.69) is 5.32 Å². The maximum absolute atomic E-state index is 10.9. The summed E-state index contributed by atoms with van der Waals surface area (Å²) in [5.41, 5.74) is 1.92. The van der Waals surface area contributed by atoms with E-state index in [1.165, 1.54) is 6.92 Å². The van der Waals surface area contributed by atoms with E-state index in [1.807, 2.05) is 56.7 Å². The van der Waals surface area contributed by atoms with Crippen molar-refractivity contribution in [2.45, 2.75) is 33.9 Å². The molecule has 0 atom stereocenters. The molecule has 21 heavy (non-hydrogen) atoms. The summed E-state index contributed by atoms with van der Waals surface area (Å²) in [6.07, 6.45) is 2.00. The molecule has 0 aromatic heterocycles. The number of aliphatic hydroxyl groups excluding tert-OH is 1. The van der Waals surface area contributed by atoms with Crippen LogP contribution in [0.3, 0.4) is 0 Å². The third-order valence-electron chi connectivity index (χ3n) is 2.78. The third kappa shape index (κ3) is 5.99. The van der Waals surface area contributed by atoms with Crippen LogP contribution in [0.25, 0.3) is 10.8 Å². The number of amides is 1. The van der Waals surface area contributed by atoms with Crippen LogP contribution in [0.2, 0.25) is 0 Å². The molecule has 4 heteroatoms. The van der Waals surface area contributed by atoms with Gasteiger partial charge >= 0.3 is 0 Å². The molecule has 0 bridgehead atoms. The average Bonchev–Trinajstić information content (AvgIpc) is 2.45. The molecule has 0 spiro atoms. The molecule has 0 radical (unpaired) electrons. The van der Waals surface area contributed by atoms with Crippen molar-refractivity contribution in [2.24, 2.45) is 0 Å². The Kier molecular flexibility index (Phi) is 9.94. The van der Waals surface area contributed by atoms with Gasteiger partial charge in [0.15, 0.2) is 0 Å². The van der Waals surface area contributed by atoms with Gasteiger partial charge in [0.1, 0.15) is 0 Å². The van der Waals surface area contributed by atoms with Gasteiger partial charge in [-0.25, -0.2) is 0 Å². The Balaban J connectivity index is 0.000000922. The monoisotopic (exact) mass is 456 g/mol. The van der Waals surface area contributed by atoms with Gasteiger partial charge in [-0.2, -0.15) is 13.8 Å². The maximum Gasteiger partial charge on any atom is 0.217 e. The van der Waals surface area contributed by atoms with Crippen molar-refractivity contribution in [3.8, 4) is 0 Å². The smallest absolute Gasteiger partial charge is 0.217 e. The number of carbonyl (C=O) groups excluding carboxylic acids is 1. The normalized spacial score (nSPS) is 9.33. The summed E-state index contributed by atoms with van der Waals surface area (Å²) >= 11 is 0. The fourth-order valence-corrected chi connectivity index (χ4v) is 2.00. The second-order valence-electron chi connectivity index (χ2n) is 4.58. The van der Waals surface area contributed by atoms with Crippen LogP contribution in [-0.4, -0.2) is 11.0 Å². The van der Waals surface area contributed by atoms with Crippen molar-refractivity contribution in [1.82, 2.24) is 5.32 Å². The summed E-state index contributed by atoms with van der Waals surface area (Å²) in [5.74, 6) is -0.0523. The standard InChI is InChI=1S/C14H15NO2.C3H7.W/c1-10(17)15-8-12-6-2-4-11-5-3-7-13(9-16)14(11)12;1-3-2;/h2-7,16H,8-9H2,1H3,(H,15,17);3H,1-2H3;/q;-1;. The van der Waals surface area contributed by atoms with E-state index in [0.717, 1.165) is 21.9 Å². The molecule has 2 aromatic rings. The van der Waals surface area contributed by atoms with Crippen molar-refractivity contribution in [3.63, 3.8) is 0 Å². The molecule has 0 fully saturated rings. The fraction of sp³-hybridized carbons (Fsp3) is 0.294. The molecule has 0 saturated carbocycles. The minimum atomic E-state index is -0.0523. The van der Waals surface area contributed by atoms with E-state index in [9.17, 15) is 9.90 Å². The average molecular weight is 456 g/mol. The quantitative estimate of drug-likeness (QED) is 0.698. The maximum atomic E-state index is 10.9. The van der Waals surface area contributed by atoms with Crippen LogP contribution in [-0.2, 0) is 39.0 Å². The van der Waals surface area contributed by atoms with Crippen LogP contribution in [0.1, 0.15) is 31.9 Å². The van der Waals surface area contributed by atoms with E-state index in [1.54, 1.807) is 0 Å². The molecule has 0 heterocycles. The molecule has 1 amide bonds. The predicted octanol–water partition coefficient (Wildman–Crippen LogP) is 3.20. The van der Waals surface area contributed by atoms with Crippen molar-refractivity contribution in [1.29, 1.82) is 0 Å². The molecule has 0 aliphatic rings. The van der Waals surface area contributed by atoms with Crippen LogP contribution in [0.5, 0.6) is 0 Å². The molecule has 2 aromatic carbocycles. The number of nitrogens with one attached hydrogen (secondary N) is 1. The number of rotatable bonds is 3. The number of carbonyl (C=O) groups is 1. The predicted molar refractivity (Wildman–Crippen MR) is 83.0 cm³/mol. The topological polar surface area (TPSA) is 49.3 Å². The van der Waals surface area contributed by atoms with Crippen molar-refractivity contribution in [3.05, 3.63) is 53.9 Å². The molecule has 0 aliphatic carbocycles. The summed E-state index contributed by atoms with van der Waals surface area (Å²) in [5, 5.41) is 14.3. The minimum Gasteiger partial charge on any atom is -0.392 e. The molecule has 114 valence electrons. The zero-order valence-corrected chi connectivity index (χ0v) is 15.7. The van der Waals surface area contributed by atoms with Gasteiger partial charge in [0.05, 0.1) is 6.61 Å². The summed E-state index contributed by atoms with van der Waals surface area (Å²) < 4.78 is 0. The summed E-state index contributed by atoms with van der Waals surface area (Å²) in [6.45, 7) is 6.00. The zero-order valence-electron chi connectivity index (χ0n) is 12.7. The number of fused-ring (bicyclic) bond motifs is 1. The van der Waals surface area contributed by atoms with Gasteiger partial charge in [0.25, 0.3) is 0 Å². The first-order valence-electron chi connectivity index (χ1n) is 6.72. The van der Waals surface area contributed by atoms with Gasteiger partial charge < -0.3 is 16.8 Å². The van der Waals surface area contributed by atoms with Crippen molar-refractivity contribution in [2.75, 3.05) is 0 Å². The Morgan fingerprint density at radius 3 is 2.14 bits per heavy atom. The van der Waals surface area contributed by atoms with E-state index in [-0.39, 0.29) is 33.6 Å². The van der Waals surface area contributed by atoms with Crippen LogP contribution in [0.15, 0.2) is 36.4 Å². The van der Waals surface area contributed by atoms with Gasteiger partial charge in [0.2, 0.25) is 5.91 Å². The van der Waals surface area contributed by atoms with Crippen LogP contribution >= 0.6 is 0 Å². The van der Waals surface area contributed by atoms with Gasteiger partial charge in [-0.05, 0) is 21.9 Å². The van der Waals surface area contributed by atoms with Gasteiger partial charge in [-0.3, -0.25) is 4.79 Å².